The molecule has 0 spiro atoms. The van der Waals surface area contributed by atoms with E-state index in [0.717, 1.165) is 25.8 Å². The third-order valence-corrected chi connectivity index (χ3v) is 2.68. The van der Waals surface area contributed by atoms with Gasteiger partial charge in [-0.25, -0.2) is 0 Å². The summed E-state index contributed by atoms with van der Waals surface area (Å²) in [5.41, 5.74) is 1.37. The summed E-state index contributed by atoms with van der Waals surface area (Å²) in [5, 5.41) is 3.45. The van der Waals surface area contributed by atoms with Crippen molar-refractivity contribution in [2.75, 3.05) is 6.54 Å². The number of aliphatic imine (C=N–C) groups is 1. The van der Waals surface area contributed by atoms with Crippen molar-refractivity contribution >= 4 is 6.21 Å². The van der Waals surface area contributed by atoms with Crippen molar-refractivity contribution in [2.24, 2.45) is 4.99 Å². The second-order valence-corrected chi connectivity index (χ2v) is 4.22. The quantitative estimate of drug-likeness (QED) is 0.358. The van der Waals surface area contributed by atoms with Gasteiger partial charge in [0, 0.05) is 18.3 Å². The number of unbranched alkanes of at least 4 members (excludes halogenated alkanes) is 1. The van der Waals surface area contributed by atoms with Crippen molar-refractivity contribution in [1.82, 2.24) is 5.32 Å². The van der Waals surface area contributed by atoms with Gasteiger partial charge in [0.25, 0.3) is 0 Å². The highest BCUT2D eigenvalue weighted by molar-refractivity contribution is 5.57. The van der Waals surface area contributed by atoms with E-state index in [1.54, 1.807) is 0 Å². The molecule has 0 aromatic carbocycles. The largest absolute Gasteiger partial charge is 0.389 e. The molecule has 106 valence electrons. The maximum atomic E-state index is 4.46. The molecule has 2 heteroatoms. The standard InChI is InChI=1S/C14H28N2.C2H4/c1-5-11-16-14(7-3)10-8-9-12-15-13(4)6-2;1-2/h7,12-13,16H,5-6,8-11H2,1-4H3;1-2H2/b14-7-,15-12?;. The van der Waals surface area contributed by atoms with Crippen molar-refractivity contribution < 1.29 is 0 Å². The lowest BCUT2D eigenvalue weighted by Gasteiger charge is -2.08. The predicted molar refractivity (Wildman–Crippen MR) is 85.4 cm³/mol. The average molecular weight is 252 g/mol. The predicted octanol–water partition coefficient (Wildman–Crippen LogP) is 4.73. The minimum Gasteiger partial charge on any atom is -0.389 e. The lowest BCUT2D eigenvalue weighted by molar-refractivity contribution is 0.698. The Morgan fingerprint density at radius 1 is 1.33 bits per heavy atom. The number of allylic oxidation sites excluding steroid dienone is 2. The molecule has 1 N–H and O–H groups in total. The van der Waals surface area contributed by atoms with Gasteiger partial charge in [-0.3, -0.25) is 4.99 Å². The molecular weight excluding hydrogens is 220 g/mol. The molecule has 0 saturated carbocycles. The number of hydrogen-bond acceptors (Lipinski definition) is 2. The summed E-state index contributed by atoms with van der Waals surface area (Å²) in [6.07, 6.45) is 10.0. The van der Waals surface area contributed by atoms with Crippen LogP contribution in [0.2, 0.25) is 0 Å². The molecule has 0 rings (SSSR count). The summed E-state index contributed by atoms with van der Waals surface area (Å²) in [7, 11) is 0. The van der Waals surface area contributed by atoms with Crippen LogP contribution in [0.3, 0.4) is 0 Å². The molecule has 1 unspecified atom stereocenters. The van der Waals surface area contributed by atoms with Gasteiger partial charge in [-0.15, -0.1) is 13.2 Å². The SMILES string of the molecule is C/C=C(/CCCC=NC(C)CC)NCCC.C=C. The van der Waals surface area contributed by atoms with Gasteiger partial charge >= 0.3 is 0 Å². The normalized spacial score (nSPS) is 13.0. The van der Waals surface area contributed by atoms with Crippen LogP contribution in [-0.2, 0) is 0 Å². The van der Waals surface area contributed by atoms with Crippen LogP contribution in [0.25, 0.3) is 0 Å². The molecule has 18 heavy (non-hydrogen) atoms. The number of nitrogens with one attached hydrogen (secondary N) is 1. The van der Waals surface area contributed by atoms with E-state index in [2.05, 4.69) is 63.5 Å². The lowest BCUT2D eigenvalue weighted by atomic mass is 10.2. The third-order valence-electron chi connectivity index (χ3n) is 2.68. The molecular formula is C16H32N2. The third kappa shape index (κ3) is 13.0. The summed E-state index contributed by atoms with van der Waals surface area (Å²) < 4.78 is 0. The van der Waals surface area contributed by atoms with Crippen molar-refractivity contribution in [3.05, 3.63) is 24.9 Å². The minimum atomic E-state index is 0.486. The monoisotopic (exact) mass is 252 g/mol. The van der Waals surface area contributed by atoms with Crippen LogP contribution in [0.15, 0.2) is 29.9 Å². The summed E-state index contributed by atoms with van der Waals surface area (Å²) in [6, 6.07) is 0.486. The molecule has 0 radical (unpaired) electrons. The van der Waals surface area contributed by atoms with Crippen LogP contribution in [0.4, 0.5) is 0 Å². The molecule has 1 atom stereocenters. The van der Waals surface area contributed by atoms with Crippen LogP contribution < -0.4 is 5.32 Å². The number of nitrogens with zero attached hydrogens (tertiary/aromatic N) is 1. The molecule has 0 amide bonds. The molecule has 0 bridgehead atoms. The first-order valence-corrected chi connectivity index (χ1v) is 7.15. The maximum Gasteiger partial charge on any atom is 0.0464 e. The Labute approximate surface area is 114 Å². The van der Waals surface area contributed by atoms with Gasteiger partial charge in [0.15, 0.2) is 0 Å². The zero-order chi connectivity index (χ0) is 14.2. The maximum absolute atomic E-state index is 4.46. The zero-order valence-electron chi connectivity index (χ0n) is 12.8. The molecule has 0 heterocycles. The van der Waals surface area contributed by atoms with Gasteiger partial charge in [-0.2, -0.15) is 0 Å². The van der Waals surface area contributed by atoms with Gasteiger partial charge in [-0.1, -0.05) is 19.9 Å². The van der Waals surface area contributed by atoms with Crippen molar-refractivity contribution in [2.45, 2.75) is 65.8 Å². The fourth-order valence-corrected chi connectivity index (χ4v) is 1.36. The second-order valence-electron chi connectivity index (χ2n) is 4.22. The summed E-state index contributed by atoms with van der Waals surface area (Å²) in [4.78, 5) is 4.46. The number of hydrogen-bond donors (Lipinski definition) is 1. The Hall–Kier alpha value is -1.05. The summed E-state index contributed by atoms with van der Waals surface area (Å²) >= 11 is 0. The van der Waals surface area contributed by atoms with E-state index in [9.17, 15) is 0 Å². The van der Waals surface area contributed by atoms with Gasteiger partial charge in [-0.05, 0) is 52.2 Å². The highest BCUT2D eigenvalue weighted by Crippen LogP contribution is 2.04. The summed E-state index contributed by atoms with van der Waals surface area (Å²) in [6.45, 7) is 15.7. The van der Waals surface area contributed by atoms with Crippen molar-refractivity contribution in [3.8, 4) is 0 Å². The first-order chi connectivity index (χ1) is 8.74. The first kappa shape index (κ1) is 19.3. The molecule has 0 aromatic rings. The van der Waals surface area contributed by atoms with Gasteiger partial charge in [0.05, 0.1) is 0 Å². The van der Waals surface area contributed by atoms with E-state index in [4.69, 9.17) is 0 Å². The van der Waals surface area contributed by atoms with E-state index < -0.39 is 0 Å². The van der Waals surface area contributed by atoms with Gasteiger partial charge in [0.2, 0.25) is 0 Å². The lowest BCUT2D eigenvalue weighted by Crippen LogP contribution is -2.13. The Bertz CT molecular complexity index is 219. The second kappa shape index (κ2) is 16.0. The van der Waals surface area contributed by atoms with E-state index in [0.29, 0.717) is 6.04 Å². The molecule has 0 aliphatic rings. The van der Waals surface area contributed by atoms with Crippen LogP contribution >= 0.6 is 0 Å². The number of rotatable bonds is 9. The van der Waals surface area contributed by atoms with Crippen LogP contribution in [0.1, 0.15) is 59.8 Å². The van der Waals surface area contributed by atoms with Gasteiger partial charge in [0.1, 0.15) is 0 Å². The van der Waals surface area contributed by atoms with Gasteiger partial charge < -0.3 is 5.32 Å². The molecule has 0 saturated heterocycles. The van der Waals surface area contributed by atoms with E-state index in [1.165, 1.54) is 18.5 Å². The van der Waals surface area contributed by atoms with Crippen molar-refractivity contribution in [1.29, 1.82) is 0 Å². The highest BCUT2D eigenvalue weighted by Gasteiger charge is 1.95. The topological polar surface area (TPSA) is 24.4 Å². The minimum absolute atomic E-state index is 0.486. The summed E-state index contributed by atoms with van der Waals surface area (Å²) in [5.74, 6) is 0. The van der Waals surface area contributed by atoms with E-state index in [1.807, 2.05) is 0 Å². The Morgan fingerprint density at radius 2 is 2.00 bits per heavy atom. The van der Waals surface area contributed by atoms with E-state index >= 15 is 0 Å². The molecule has 0 aliphatic heterocycles. The average Bonchev–Trinajstić information content (AvgIpc) is 2.43. The van der Waals surface area contributed by atoms with Crippen LogP contribution in [-0.4, -0.2) is 18.8 Å². The first-order valence-electron chi connectivity index (χ1n) is 7.15. The van der Waals surface area contributed by atoms with E-state index in [-0.39, 0.29) is 0 Å². The molecule has 0 aliphatic carbocycles. The molecule has 0 fully saturated rings. The van der Waals surface area contributed by atoms with Crippen LogP contribution in [0.5, 0.6) is 0 Å². The Balaban J connectivity index is 0. The molecule has 0 aromatic heterocycles. The molecule has 2 nitrogen and oxygen atoms in total. The Kier molecular flexibility index (Phi) is 17.1. The smallest absolute Gasteiger partial charge is 0.0464 e. The zero-order valence-corrected chi connectivity index (χ0v) is 12.8. The van der Waals surface area contributed by atoms with Crippen LogP contribution in [0, 0.1) is 0 Å². The fourth-order valence-electron chi connectivity index (χ4n) is 1.36. The Morgan fingerprint density at radius 3 is 2.50 bits per heavy atom. The highest BCUT2D eigenvalue weighted by atomic mass is 14.9. The van der Waals surface area contributed by atoms with Crippen molar-refractivity contribution in [3.63, 3.8) is 0 Å². The fraction of sp³-hybridized carbons (Fsp3) is 0.688.